The summed E-state index contributed by atoms with van der Waals surface area (Å²) in [6, 6.07) is 6.66. The number of nitrogens with one attached hydrogen (secondary N) is 1. The molecule has 0 atom stereocenters. The van der Waals surface area contributed by atoms with Gasteiger partial charge >= 0.3 is 0 Å². The number of carbonyl (C=O) groups is 1. The van der Waals surface area contributed by atoms with Gasteiger partial charge in [0.15, 0.2) is 12.4 Å². The number of hydrogen-bond acceptors (Lipinski definition) is 6. The maximum atomic E-state index is 11.7. The summed E-state index contributed by atoms with van der Waals surface area (Å²) in [6.07, 6.45) is 4.30. The number of aromatic nitrogens is 2. The molecule has 0 fully saturated rings. The van der Waals surface area contributed by atoms with E-state index in [1.807, 2.05) is 0 Å². The minimum atomic E-state index is -0.376. The molecule has 8 nitrogen and oxygen atoms in total. The lowest BCUT2D eigenvalue weighted by atomic mass is 10.2. The molecule has 1 heterocycles. The number of ether oxygens (including phenoxy) is 1. The predicted molar refractivity (Wildman–Crippen MR) is 75.1 cm³/mol. The fourth-order valence-electron chi connectivity index (χ4n) is 1.56. The smallest absolute Gasteiger partial charge is 0.262 e. The van der Waals surface area contributed by atoms with Crippen molar-refractivity contribution in [2.24, 2.45) is 10.9 Å². The Labute approximate surface area is 120 Å². The molecule has 1 aromatic carbocycles. The molecule has 1 aromatic heterocycles. The van der Waals surface area contributed by atoms with Crippen LogP contribution in [-0.4, -0.2) is 33.5 Å². The molecular weight excluding hydrogens is 274 g/mol. The van der Waals surface area contributed by atoms with E-state index in [2.05, 4.69) is 20.4 Å². The molecule has 0 saturated heterocycles. The zero-order valence-electron chi connectivity index (χ0n) is 10.9. The first kappa shape index (κ1) is 14.3. The van der Waals surface area contributed by atoms with E-state index in [1.165, 1.54) is 18.7 Å². The van der Waals surface area contributed by atoms with Crippen molar-refractivity contribution in [2.45, 2.75) is 0 Å². The Morgan fingerprint density at radius 1 is 1.33 bits per heavy atom. The van der Waals surface area contributed by atoms with Crippen LogP contribution in [0.25, 0.3) is 0 Å². The van der Waals surface area contributed by atoms with Crippen LogP contribution in [0.1, 0.15) is 5.56 Å². The van der Waals surface area contributed by atoms with Crippen LogP contribution >= 0.6 is 0 Å². The van der Waals surface area contributed by atoms with Gasteiger partial charge in [-0.3, -0.25) is 4.79 Å². The number of anilines is 1. The molecule has 0 aliphatic carbocycles. The Bertz CT molecular complexity index is 645. The fourth-order valence-corrected chi connectivity index (χ4v) is 1.56. The Kier molecular flexibility index (Phi) is 4.65. The third-order valence-corrected chi connectivity index (χ3v) is 2.47. The van der Waals surface area contributed by atoms with E-state index < -0.39 is 0 Å². The summed E-state index contributed by atoms with van der Waals surface area (Å²) in [6.45, 7) is -0.232. The average molecular weight is 287 g/mol. The molecule has 2 aromatic rings. The van der Waals surface area contributed by atoms with Crippen LogP contribution in [0.5, 0.6) is 5.75 Å². The molecule has 108 valence electrons. The minimum Gasteiger partial charge on any atom is -0.483 e. The third kappa shape index (κ3) is 3.90. The maximum absolute atomic E-state index is 11.7. The summed E-state index contributed by atoms with van der Waals surface area (Å²) in [7, 11) is 0. The average Bonchev–Trinajstić information content (AvgIpc) is 2.53. The van der Waals surface area contributed by atoms with Gasteiger partial charge in [-0.15, -0.1) is 0 Å². The molecule has 21 heavy (non-hydrogen) atoms. The van der Waals surface area contributed by atoms with Crippen LogP contribution in [0, 0.1) is 0 Å². The minimum absolute atomic E-state index is 0.0949. The van der Waals surface area contributed by atoms with E-state index in [0.717, 1.165) is 0 Å². The Balaban J connectivity index is 1.99. The first-order chi connectivity index (χ1) is 10.2. The number of nitrogens with zero attached hydrogens (tertiary/aromatic N) is 3. The number of para-hydroxylation sites is 1. The summed E-state index contributed by atoms with van der Waals surface area (Å²) >= 11 is 0. The molecule has 1 amide bonds. The Morgan fingerprint density at radius 3 is 2.76 bits per heavy atom. The Morgan fingerprint density at radius 2 is 2.05 bits per heavy atom. The highest BCUT2D eigenvalue weighted by molar-refractivity contribution is 5.99. The quantitative estimate of drug-likeness (QED) is 0.320. The summed E-state index contributed by atoms with van der Waals surface area (Å²) in [5.74, 6) is -0.131. The summed E-state index contributed by atoms with van der Waals surface area (Å²) in [4.78, 5) is 19.3. The molecule has 4 N–H and O–H groups in total. The highest BCUT2D eigenvalue weighted by Gasteiger charge is 2.10. The van der Waals surface area contributed by atoms with Gasteiger partial charge in [-0.1, -0.05) is 17.3 Å². The largest absolute Gasteiger partial charge is 0.483 e. The highest BCUT2D eigenvalue weighted by Crippen LogP contribution is 2.17. The monoisotopic (exact) mass is 287 g/mol. The molecule has 0 saturated carbocycles. The highest BCUT2D eigenvalue weighted by atomic mass is 16.5. The lowest BCUT2D eigenvalue weighted by Crippen LogP contribution is -2.22. The van der Waals surface area contributed by atoms with E-state index in [-0.39, 0.29) is 18.3 Å². The van der Waals surface area contributed by atoms with Crippen molar-refractivity contribution in [1.82, 2.24) is 9.97 Å². The van der Waals surface area contributed by atoms with Gasteiger partial charge in [0, 0.05) is 0 Å². The summed E-state index contributed by atoms with van der Waals surface area (Å²) in [5.41, 5.74) is 6.40. The molecule has 0 aliphatic heterocycles. The summed E-state index contributed by atoms with van der Waals surface area (Å²) in [5, 5.41) is 14.2. The normalized spacial score (nSPS) is 11.0. The van der Waals surface area contributed by atoms with Gasteiger partial charge in [-0.2, -0.15) is 0 Å². The van der Waals surface area contributed by atoms with Crippen molar-refractivity contribution in [3.8, 4) is 5.75 Å². The summed E-state index contributed by atoms with van der Waals surface area (Å²) < 4.78 is 5.37. The molecule has 0 radical (unpaired) electrons. The second kappa shape index (κ2) is 6.85. The van der Waals surface area contributed by atoms with Crippen LogP contribution < -0.4 is 15.8 Å². The lowest BCUT2D eigenvalue weighted by molar-refractivity contribution is -0.118. The van der Waals surface area contributed by atoms with E-state index in [1.54, 1.807) is 24.3 Å². The fraction of sp³-hybridized carbons (Fsp3) is 0.0769. The van der Waals surface area contributed by atoms with E-state index >= 15 is 0 Å². The number of amides is 1. The predicted octanol–water partition coefficient (Wildman–Crippen LogP) is 0.589. The van der Waals surface area contributed by atoms with Crippen molar-refractivity contribution in [3.63, 3.8) is 0 Å². The van der Waals surface area contributed by atoms with Crippen molar-refractivity contribution in [2.75, 3.05) is 11.9 Å². The number of oxime groups is 1. The standard InChI is InChI=1S/C13H13N5O3/c14-13(18-20)10-3-1-2-4-11(10)21-7-12(19)17-9-5-15-8-16-6-9/h1-6,8,20H,7H2,(H2,14,18)(H,17,19). The van der Waals surface area contributed by atoms with Gasteiger partial charge < -0.3 is 21.0 Å². The van der Waals surface area contributed by atoms with E-state index in [0.29, 0.717) is 17.0 Å². The van der Waals surface area contributed by atoms with Gasteiger partial charge in [-0.25, -0.2) is 9.97 Å². The van der Waals surface area contributed by atoms with Gasteiger partial charge in [-0.05, 0) is 12.1 Å². The zero-order chi connectivity index (χ0) is 15.1. The Hall–Kier alpha value is -3.16. The SMILES string of the molecule is N/C(=N/O)c1ccccc1OCC(=O)Nc1cncnc1. The van der Waals surface area contributed by atoms with Gasteiger partial charge in [0.05, 0.1) is 23.6 Å². The van der Waals surface area contributed by atoms with Crippen molar-refractivity contribution in [3.05, 3.63) is 48.5 Å². The van der Waals surface area contributed by atoms with Crippen molar-refractivity contribution in [1.29, 1.82) is 0 Å². The number of rotatable bonds is 5. The molecule has 0 aliphatic rings. The van der Waals surface area contributed by atoms with Crippen molar-refractivity contribution < 1.29 is 14.7 Å². The molecular formula is C13H13N5O3. The van der Waals surface area contributed by atoms with Crippen LogP contribution in [0.15, 0.2) is 48.1 Å². The second-order valence-corrected chi connectivity index (χ2v) is 3.95. The van der Waals surface area contributed by atoms with Gasteiger partial charge in [0.1, 0.15) is 12.1 Å². The first-order valence-electron chi connectivity index (χ1n) is 5.95. The van der Waals surface area contributed by atoms with Crippen LogP contribution in [-0.2, 0) is 4.79 Å². The number of hydrogen-bond donors (Lipinski definition) is 3. The third-order valence-electron chi connectivity index (χ3n) is 2.47. The van der Waals surface area contributed by atoms with E-state index in [4.69, 9.17) is 15.7 Å². The topological polar surface area (TPSA) is 123 Å². The number of nitrogens with two attached hydrogens (primary N) is 1. The van der Waals surface area contributed by atoms with Gasteiger partial charge in [0.2, 0.25) is 0 Å². The first-order valence-corrected chi connectivity index (χ1v) is 5.95. The number of benzene rings is 1. The molecule has 0 bridgehead atoms. The van der Waals surface area contributed by atoms with Crippen molar-refractivity contribution >= 4 is 17.4 Å². The number of carbonyl (C=O) groups excluding carboxylic acids is 1. The van der Waals surface area contributed by atoms with E-state index in [9.17, 15) is 4.79 Å². The molecule has 0 unspecified atom stereocenters. The molecule has 2 rings (SSSR count). The molecule has 0 spiro atoms. The van der Waals surface area contributed by atoms with Gasteiger partial charge in [0.25, 0.3) is 5.91 Å². The van der Waals surface area contributed by atoms with Crippen LogP contribution in [0.4, 0.5) is 5.69 Å². The number of amidine groups is 1. The van der Waals surface area contributed by atoms with Crippen LogP contribution in [0.3, 0.4) is 0 Å². The van der Waals surface area contributed by atoms with Crippen LogP contribution in [0.2, 0.25) is 0 Å². The zero-order valence-corrected chi connectivity index (χ0v) is 10.9. The second-order valence-electron chi connectivity index (χ2n) is 3.95. The maximum Gasteiger partial charge on any atom is 0.262 e. The molecule has 8 heteroatoms. The lowest BCUT2D eigenvalue weighted by Gasteiger charge is -2.10.